The Balaban J connectivity index is 1.68. The minimum atomic E-state index is -1.02. The van der Waals surface area contributed by atoms with Crippen molar-refractivity contribution in [2.45, 2.75) is 19.2 Å². The van der Waals surface area contributed by atoms with E-state index in [1.54, 1.807) is 14.2 Å². The van der Waals surface area contributed by atoms with E-state index in [2.05, 4.69) is 0 Å². The quantitative estimate of drug-likeness (QED) is 0.637. The molecule has 154 valence electrons. The molecule has 6 heteroatoms. The second-order valence-electron chi connectivity index (χ2n) is 7.01. The lowest BCUT2D eigenvalue weighted by atomic mass is 9.99. The van der Waals surface area contributed by atoms with E-state index in [9.17, 15) is 9.90 Å². The predicted molar refractivity (Wildman–Crippen MR) is 113 cm³/mol. The molecule has 1 aliphatic rings. The van der Waals surface area contributed by atoms with Crippen LogP contribution in [0.15, 0.2) is 66.7 Å². The number of methoxy groups -OCH3 is 2. The zero-order chi connectivity index (χ0) is 21.1. The first-order chi connectivity index (χ1) is 14.6. The van der Waals surface area contributed by atoms with Gasteiger partial charge in [-0.3, -0.25) is 4.90 Å². The van der Waals surface area contributed by atoms with Crippen LogP contribution in [-0.4, -0.2) is 36.5 Å². The van der Waals surface area contributed by atoms with Crippen LogP contribution in [0.25, 0.3) is 11.1 Å². The van der Waals surface area contributed by atoms with Crippen molar-refractivity contribution in [1.82, 2.24) is 4.90 Å². The molecule has 1 N–H and O–H groups in total. The Kier molecular flexibility index (Phi) is 5.48. The number of hydrogen-bond donors (Lipinski definition) is 1. The zero-order valence-corrected chi connectivity index (χ0v) is 16.9. The van der Waals surface area contributed by atoms with Gasteiger partial charge in [0, 0.05) is 23.1 Å². The van der Waals surface area contributed by atoms with Crippen LogP contribution in [0.2, 0.25) is 0 Å². The van der Waals surface area contributed by atoms with Crippen molar-refractivity contribution in [3.05, 3.63) is 77.9 Å². The van der Waals surface area contributed by atoms with Gasteiger partial charge in [-0.1, -0.05) is 60.7 Å². The van der Waals surface area contributed by atoms with Gasteiger partial charge in [0.25, 0.3) is 0 Å². The Bertz CT molecular complexity index is 1050. The number of para-hydroxylation sites is 2. The van der Waals surface area contributed by atoms with Crippen LogP contribution in [0.5, 0.6) is 17.2 Å². The van der Waals surface area contributed by atoms with E-state index in [-0.39, 0.29) is 6.54 Å². The number of rotatable bonds is 6. The van der Waals surface area contributed by atoms with Crippen LogP contribution in [0.4, 0.5) is 4.79 Å². The van der Waals surface area contributed by atoms with Crippen LogP contribution in [-0.2, 0) is 13.0 Å². The Morgan fingerprint density at radius 3 is 2.43 bits per heavy atom. The molecule has 1 amide bonds. The lowest BCUT2D eigenvalue weighted by molar-refractivity contribution is 0.0394. The van der Waals surface area contributed by atoms with Crippen molar-refractivity contribution in [2.24, 2.45) is 0 Å². The van der Waals surface area contributed by atoms with Crippen LogP contribution < -0.4 is 14.2 Å². The minimum Gasteiger partial charge on any atom is -0.493 e. The maximum Gasteiger partial charge on any atom is 0.410 e. The number of fused-ring (bicyclic) bond motifs is 1. The minimum absolute atomic E-state index is 0.257. The van der Waals surface area contributed by atoms with Crippen molar-refractivity contribution in [1.29, 1.82) is 0 Å². The molecule has 0 aliphatic carbocycles. The van der Waals surface area contributed by atoms with E-state index in [1.165, 1.54) is 4.90 Å². The third-order valence-corrected chi connectivity index (χ3v) is 5.23. The molecule has 0 saturated heterocycles. The summed E-state index contributed by atoms with van der Waals surface area (Å²) in [6.07, 6.45) is -1.14. The van der Waals surface area contributed by atoms with E-state index in [0.717, 1.165) is 22.3 Å². The molecule has 0 spiro atoms. The molecule has 1 unspecified atom stereocenters. The number of amides is 1. The molecule has 0 fully saturated rings. The molecule has 1 atom stereocenters. The number of benzene rings is 3. The van der Waals surface area contributed by atoms with Crippen molar-refractivity contribution < 1.29 is 24.1 Å². The van der Waals surface area contributed by atoms with Crippen molar-refractivity contribution in [2.75, 3.05) is 14.2 Å². The normalized spacial score (nSPS) is 14.5. The second kappa shape index (κ2) is 8.37. The lowest BCUT2D eigenvalue weighted by Gasteiger charge is -2.26. The first-order valence-electron chi connectivity index (χ1n) is 9.65. The Morgan fingerprint density at radius 1 is 1.00 bits per heavy atom. The van der Waals surface area contributed by atoms with Gasteiger partial charge in [0.15, 0.2) is 17.7 Å². The summed E-state index contributed by atoms with van der Waals surface area (Å²) in [6, 6.07) is 21.0. The second-order valence-corrected chi connectivity index (χ2v) is 7.01. The summed E-state index contributed by atoms with van der Waals surface area (Å²) >= 11 is 0. The SMILES string of the molecule is COc1cccc(-c2cccc3c2OC(N(Cc2ccccc2)C(=O)O)C3)c1OC. The monoisotopic (exact) mass is 405 g/mol. The van der Waals surface area contributed by atoms with E-state index < -0.39 is 12.3 Å². The summed E-state index contributed by atoms with van der Waals surface area (Å²) in [6.45, 7) is 0.257. The Hall–Kier alpha value is -3.67. The van der Waals surface area contributed by atoms with Crippen LogP contribution in [0, 0.1) is 0 Å². The summed E-state index contributed by atoms with van der Waals surface area (Å²) in [5.41, 5.74) is 3.55. The van der Waals surface area contributed by atoms with Crippen molar-refractivity contribution in [3.63, 3.8) is 0 Å². The summed E-state index contributed by atoms with van der Waals surface area (Å²) in [7, 11) is 3.19. The number of carbonyl (C=O) groups is 1. The van der Waals surface area contributed by atoms with Gasteiger partial charge in [0.1, 0.15) is 5.75 Å². The molecular weight excluding hydrogens is 382 g/mol. The maximum atomic E-state index is 12.0. The number of carboxylic acid groups (broad SMARTS) is 1. The highest BCUT2D eigenvalue weighted by Gasteiger charge is 2.33. The molecule has 1 heterocycles. The van der Waals surface area contributed by atoms with Gasteiger partial charge in [-0.2, -0.15) is 0 Å². The van der Waals surface area contributed by atoms with Gasteiger partial charge in [-0.25, -0.2) is 4.79 Å². The largest absolute Gasteiger partial charge is 0.493 e. The van der Waals surface area contributed by atoms with E-state index >= 15 is 0 Å². The van der Waals surface area contributed by atoms with Gasteiger partial charge < -0.3 is 19.3 Å². The van der Waals surface area contributed by atoms with Gasteiger partial charge in [0.05, 0.1) is 20.8 Å². The highest BCUT2D eigenvalue weighted by atomic mass is 16.5. The molecule has 4 rings (SSSR count). The van der Waals surface area contributed by atoms with Crippen molar-refractivity contribution >= 4 is 6.09 Å². The average molecular weight is 405 g/mol. The topological polar surface area (TPSA) is 68.2 Å². The van der Waals surface area contributed by atoms with Gasteiger partial charge in [0.2, 0.25) is 0 Å². The van der Waals surface area contributed by atoms with Gasteiger partial charge >= 0.3 is 6.09 Å². The molecule has 0 aromatic heterocycles. The highest BCUT2D eigenvalue weighted by molar-refractivity contribution is 5.80. The van der Waals surface area contributed by atoms with Gasteiger partial charge in [-0.15, -0.1) is 0 Å². The summed E-state index contributed by atoms with van der Waals surface area (Å²) < 4.78 is 17.2. The summed E-state index contributed by atoms with van der Waals surface area (Å²) in [5, 5.41) is 9.82. The Labute approximate surface area is 175 Å². The molecule has 6 nitrogen and oxygen atoms in total. The van der Waals surface area contributed by atoms with Gasteiger partial charge in [-0.05, 0) is 11.6 Å². The summed E-state index contributed by atoms with van der Waals surface area (Å²) in [5.74, 6) is 1.91. The fraction of sp³-hybridized carbons (Fsp3) is 0.208. The Morgan fingerprint density at radius 2 is 1.73 bits per heavy atom. The van der Waals surface area contributed by atoms with Crippen LogP contribution in [0.1, 0.15) is 11.1 Å². The predicted octanol–water partition coefficient (Wildman–Crippen LogP) is 4.81. The average Bonchev–Trinajstić information content (AvgIpc) is 3.21. The molecule has 30 heavy (non-hydrogen) atoms. The smallest absolute Gasteiger partial charge is 0.410 e. The molecule has 1 aliphatic heterocycles. The lowest BCUT2D eigenvalue weighted by Crippen LogP contribution is -2.41. The first-order valence-corrected chi connectivity index (χ1v) is 9.65. The molecule has 0 saturated carbocycles. The fourth-order valence-corrected chi connectivity index (χ4v) is 3.81. The third-order valence-electron chi connectivity index (χ3n) is 5.23. The third kappa shape index (κ3) is 3.64. The van der Waals surface area contributed by atoms with Crippen LogP contribution >= 0.6 is 0 Å². The standard InChI is InChI=1S/C24H23NO5/c1-28-20-13-7-12-19(23(20)29-2)18-11-6-10-17-14-21(30-22(17)18)25(24(26)27)15-16-8-4-3-5-9-16/h3-13,21H,14-15H2,1-2H3,(H,26,27). The van der Waals surface area contributed by atoms with E-state index in [0.29, 0.717) is 23.7 Å². The van der Waals surface area contributed by atoms with E-state index in [4.69, 9.17) is 14.2 Å². The molecule has 3 aromatic rings. The number of ether oxygens (including phenoxy) is 3. The van der Waals surface area contributed by atoms with Crippen molar-refractivity contribution in [3.8, 4) is 28.4 Å². The maximum absolute atomic E-state index is 12.0. The molecule has 0 radical (unpaired) electrons. The van der Waals surface area contributed by atoms with Crippen LogP contribution in [0.3, 0.4) is 0 Å². The highest BCUT2D eigenvalue weighted by Crippen LogP contribution is 2.45. The number of hydrogen-bond acceptors (Lipinski definition) is 4. The van der Waals surface area contributed by atoms with E-state index in [1.807, 2.05) is 66.7 Å². The zero-order valence-electron chi connectivity index (χ0n) is 16.9. The molecular formula is C24H23NO5. The number of nitrogens with zero attached hydrogens (tertiary/aromatic N) is 1. The summed E-state index contributed by atoms with van der Waals surface area (Å²) in [4.78, 5) is 13.3. The fourth-order valence-electron chi connectivity index (χ4n) is 3.81. The molecule has 3 aromatic carbocycles. The molecule has 0 bridgehead atoms. The first kappa shape index (κ1) is 19.6.